The summed E-state index contributed by atoms with van der Waals surface area (Å²) in [6.07, 6.45) is 3.28. The topological polar surface area (TPSA) is 58.4 Å². The number of carboxylic acids is 1. The van der Waals surface area contributed by atoms with E-state index in [1.165, 1.54) is 0 Å². The van der Waals surface area contributed by atoms with Crippen molar-refractivity contribution in [3.05, 3.63) is 18.0 Å². The fourth-order valence-electron chi connectivity index (χ4n) is 2.45. The van der Waals surface area contributed by atoms with E-state index in [0.29, 0.717) is 12.0 Å². The maximum Gasteiger partial charge on any atom is 0.303 e. The number of carbonyl (C=O) groups is 1. The van der Waals surface area contributed by atoms with Crippen molar-refractivity contribution in [2.45, 2.75) is 39.3 Å². The number of nitrogens with zero attached hydrogens (tertiary/aromatic N) is 3. The molecule has 1 unspecified atom stereocenters. The Morgan fingerprint density at radius 1 is 1.61 bits per heavy atom. The van der Waals surface area contributed by atoms with Gasteiger partial charge in [-0.05, 0) is 38.8 Å². The molecule has 0 saturated carbocycles. The molecule has 1 fully saturated rings. The summed E-state index contributed by atoms with van der Waals surface area (Å²) in [5.74, 6) is -0.388. The van der Waals surface area contributed by atoms with Crippen LogP contribution in [0.1, 0.15) is 38.4 Å². The van der Waals surface area contributed by atoms with Crippen LogP contribution in [0.2, 0.25) is 0 Å². The number of hydrogen-bond acceptors (Lipinski definition) is 3. The molecule has 0 spiro atoms. The highest BCUT2D eigenvalue weighted by atomic mass is 16.4. The van der Waals surface area contributed by atoms with Crippen molar-refractivity contribution in [3.63, 3.8) is 0 Å². The molecule has 0 aromatic carbocycles. The molecular weight excluding hydrogens is 230 g/mol. The summed E-state index contributed by atoms with van der Waals surface area (Å²) in [5.41, 5.74) is 1.07. The smallest absolute Gasteiger partial charge is 0.303 e. The van der Waals surface area contributed by atoms with E-state index in [1.807, 2.05) is 16.9 Å². The Labute approximate surface area is 107 Å². The average Bonchev–Trinajstić information content (AvgIpc) is 2.88. The number of likely N-dealkylation sites (tertiary alicyclic amines) is 1. The Hall–Kier alpha value is -1.36. The van der Waals surface area contributed by atoms with Gasteiger partial charge in [-0.15, -0.1) is 0 Å². The molecule has 1 aromatic rings. The first-order valence-corrected chi connectivity index (χ1v) is 6.52. The van der Waals surface area contributed by atoms with Crippen molar-refractivity contribution in [3.8, 4) is 0 Å². The molecule has 0 radical (unpaired) electrons. The minimum absolute atomic E-state index is 0.289. The van der Waals surface area contributed by atoms with Gasteiger partial charge in [-0.3, -0.25) is 14.4 Å². The molecule has 1 atom stereocenters. The second kappa shape index (κ2) is 5.52. The molecule has 18 heavy (non-hydrogen) atoms. The van der Waals surface area contributed by atoms with E-state index >= 15 is 0 Å². The Bertz CT molecular complexity index is 414. The van der Waals surface area contributed by atoms with Gasteiger partial charge in [-0.25, -0.2) is 0 Å². The number of aliphatic carboxylic acids is 1. The van der Waals surface area contributed by atoms with Gasteiger partial charge in [0.05, 0.1) is 5.69 Å². The van der Waals surface area contributed by atoms with Crippen LogP contribution >= 0.6 is 0 Å². The summed E-state index contributed by atoms with van der Waals surface area (Å²) >= 11 is 0. The van der Waals surface area contributed by atoms with E-state index < -0.39 is 5.97 Å². The molecule has 0 bridgehead atoms. The number of carboxylic acid groups (broad SMARTS) is 1. The molecule has 2 heterocycles. The lowest BCUT2D eigenvalue weighted by atomic mass is 10.1. The lowest BCUT2D eigenvalue weighted by Gasteiger charge is -2.14. The van der Waals surface area contributed by atoms with Gasteiger partial charge >= 0.3 is 5.97 Å². The highest BCUT2D eigenvalue weighted by molar-refractivity contribution is 5.67. The number of hydrogen-bond donors (Lipinski definition) is 1. The summed E-state index contributed by atoms with van der Waals surface area (Å²) in [6.45, 7) is 6.90. The molecule has 1 aromatic heterocycles. The normalized spacial score (nSPS) is 20.7. The van der Waals surface area contributed by atoms with Crippen LogP contribution in [-0.2, 0) is 11.3 Å². The lowest BCUT2D eigenvalue weighted by molar-refractivity contribution is -0.138. The first-order chi connectivity index (χ1) is 8.54. The largest absolute Gasteiger partial charge is 0.481 e. The van der Waals surface area contributed by atoms with Crippen LogP contribution in [0.3, 0.4) is 0 Å². The molecule has 5 nitrogen and oxygen atoms in total. The predicted molar refractivity (Wildman–Crippen MR) is 68.2 cm³/mol. The minimum atomic E-state index is -0.689. The SMILES string of the molecule is CC(C)n1ccc(CN2CCC(CC(=O)O)C2)n1. The zero-order chi connectivity index (χ0) is 13.1. The predicted octanol–water partition coefficient (Wildman–Crippen LogP) is 1.76. The van der Waals surface area contributed by atoms with Crippen LogP contribution in [-0.4, -0.2) is 38.8 Å². The first-order valence-electron chi connectivity index (χ1n) is 6.52. The van der Waals surface area contributed by atoms with Crippen LogP contribution in [0.4, 0.5) is 0 Å². The molecule has 2 rings (SSSR count). The second-order valence-corrected chi connectivity index (χ2v) is 5.37. The Kier molecular flexibility index (Phi) is 4.01. The highest BCUT2D eigenvalue weighted by Gasteiger charge is 2.24. The van der Waals surface area contributed by atoms with Crippen LogP contribution in [0, 0.1) is 5.92 Å². The quantitative estimate of drug-likeness (QED) is 0.866. The zero-order valence-electron chi connectivity index (χ0n) is 11.0. The van der Waals surface area contributed by atoms with Gasteiger partial charge < -0.3 is 5.11 Å². The second-order valence-electron chi connectivity index (χ2n) is 5.37. The van der Waals surface area contributed by atoms with E-state index in [-0.39, 0.29) is 6.42 Å². The van der Waals surface area contributed by atoms with Gasteiger partial charge in [0, 0.05) is 31.7 Å². The average molecular weight is 251 g/mol. The summed E-state index contributed by atoms with van der Waals surface area (Å²) in [5, 5.41) is 13.3. The Morgan fingerprint density at radius 2 is 2.39 bits per heavy atom. The third-order valence-corrected chi connectivity index (χ3v) is 3.41. The lowest BCUT2D eigenvalue weighted by Crippen LogP contribution is -2.21. The molecule has 5 heteroatoms. The molecule has 0 aliphatic carbocycles. The molecule has 0 amide bonds. The molecule has 1 aliphatic heterocycles. The fourth-order valence-corrected chi connectivity index (χ4v) is 2.45. The summed E-state index contributed by atoms with van der Waals surface area (Å²) in [6, 6.07) is 2.43. The van der Waals surface area contributed by atoms with Crippen LogP contribution in [0.5, 0.6) is 0 Å². The van der Waals surface area contributed by atoms with Gasteiger partial charge in [-0.2, -0.15) is 5.10 Å². The molecule has 100 valence electrons. The van der Waals surface area contributed by atoms with Crippen molar-refractivity contribution in [2.75, 3.05) is 13.1 Å². The standard InChI is InChI=1S/C13H21N3O2/c1-10(2)16-6-4-12(14-16)9-15-5-3-11(8-15)7-13(17)18/h4,6,10-11H,3,5,7-9H2,1-2H3,(H,17,18). The third-order valence-electron chi connectivity index (χ3n) is 3.41. The monoisotopic (exact) mass is 251 g/mol. The zero-order valence-corrected chi connectivity index (χ0v) is 11.0. The van der Waals surface area contributed by atoms with Gasteiger partial charge in [0.2, 0.25) is 0 Å². The van der Waals surface area contributed by atoms with Crippen molar-refractivity contribution in [2.24, 2.45) is 5.92 Å². The third kappa shape index (κ3) is 3.32. The van der Waals surface area contributed by atoms with Crippen LogP contribution in [0.25, 0.3) is 0 Å². The van der Waals surface area contributed by atoms with Crippen molar-refractivity contribution in [1.29, 1.82) is 0 Å². The molecule has 1 N–H and O–H groups in total. The Morgan fingerprint density at radius 3 is 3.00 bits per heavy atom. The minimum Gasteiger partial charge on any atom is -0.481 e. The van der Waals surface area contributed by atoms with Crippen LogP contribution < -0.4 is 0 Å². The maximum atomic E-state index is 10.7. The summed E-state index contributed by atoms with van der Waals surface area (Å²) < 4.78 is 1.96. The van der Waals surface area contributed by atoms with Gasteiger partial charge in [-0.1, -0.05) is 0 Å². The van der Waals surface area contributed by atoms with Crippen molar-refractivity contribution >= 4 is 5.97 Å². The van der Waals surface area contributed by atoms with E-state index in [2.05, 4.69) is 23.8 Å². The molecular formula is C13H21N3O2. The molecule has 1 saturated heterocycles. The van der Waals surface area contributed by atoms with Gasteiger partial charge in [0.1, 0.15) is 0 Å². The van der Waals surface area contributed by atoms with E-state index in [1.54, 1.807) is 0 Å². The van der Waals surface area contributed by atoms with E-state index in [4.69, 9.17) is 5.11 Å². The number of rotatable bonds is 5. The Balaban J connectivity index is 1.85. The van der Waals surface area contributed by atoms with E-state index in [0.717, 1.165) is 31.7 Å². The number of aromatic nitrogens is 2. The molecule has 1 aliphatic rings. The fraction of sp³-hybridized carbons (Fsp3) is 0.692. The van der Waals surface area contributed by atoms with Crippen LogP contribution in [0.15, 0.2) is 12.3 Å². The van der Waals surface area contributed by atoms with Crippen molar-refractivity contribution in [1.82, 2.24) is 14.7 Å². The highest BCUT2D eigenvalue weighted by Crippen LogP contribution is 2.21. The van der Waals surface area contributed by atoms with Gasteiger partial charge in [0.15, 0.2) is 0 Å². The summed E-state index contributed by atoms with van der Waals surface area (Å²) in [7, 11) is 0. The first kappa shape index (κ1) is 13.1. The van der Waals surface area contributed by atoms with Gasteiger partial charge in [0.25, 0.3) is 0 Å². The maximum absolute atomic E-state index is 10.7. The summed E-state index contributed by atoms with van der Waals surface area (Å²) in [4.78, 5) is 13.0. The van der Waals surface area contributed by atoms with Crippen molar-refractivity contribution < 1.29 is 9.90 Å². The van der Waals surface area contributed by atoms with E-state index in [9.17, 15) is 4.79 Å².